The molecule has 0 radical (unpaired) electrons. The van der Waals surface area contributed by atoms with Gasteiger partial charge in [0.2, 0.25) is 15.9 Å². The molecule has 6 nitrogen and oxygen atoms in total. The summed E-state index contributed by atoms with van der Waals surface area (Å²) in [5.41, 5.74) is 3.00. The van der Waals surface area contributed by atoms with E-state index in [1.54, 1.807) is 24.3 Å². The van der Waals surface area contributed by atoms with Crippen molar-refractivity contribution in [3.8, 4) is 0 Å². The molecular weight excluding hydrogens is 410 g/mol. The smallest absolute Gasteiger partial charge is 0.243 e. The summed E-state index contributed by atoms with van der Waals surface area (Å²) in [7, 11) is -3.50. The van der Waals surface area contributed by atoms with Crippen LogP contribution in [0.25, 0.3) is 0 Å². The normalized spacial score (nSPS) is 17.8. The highest BCUT2D eigenvalue weighted by Gasteiger charge is 2.30. The molecule has 154 valence electrons. The minimum absolute atomic E-state index is 0.159. The van der Waals surface area contributed by atoms with Crippen molar-refractivity contribution >= 4 is 33.2 Å². The van der Waals surface area contributed by atoms with Gasteiger partial charge in [0.25, 0.3) is 0 Å². The Kier molecular flexibility index (Phi) is 5.92. The number of carbonyl (C=O) groups is 1. The zero-order valence-corrected chi connectivity index (χ0v) is 17.7. The van der Waals surface area contributed by atoms with Crippen molar-refractivity contribution in [2.45, 2.75) is 24.2 Å². The summed E-state index contributed by atoms with van der Waals surface area (Å²) in [4.78, 5) is 14.6. The van der Waals surface area contributed by atoms with Gasteiger partial charge in [0.1, 0.15) is 0 Å². The number of benzene rings is 2. The number of halogens is 1. The predicted octanol–water partition coefficient (Wildman–Crippen LogP) is 2.77. The van der Waals surface area contributed by atoms with E-state index in [9.17, 15) is 13.2 Å². The van der Waals surface area contributed by atoms with Gasteiger partial charge in [0, 0.05) is 26.2 Å². The topological polar surface area (TPSA) is 69.7 Å². The first-order valence-corrected chi connectivity index (χ1v) is 11.6. The van der Waals surface area contributed by atoms with Gasteiger partial charge in [-0.1, -0.05) is 29.8 Å². The van der Waals surface area contributed by atoms with Crippen LogP contribution in [-0.4, -0.2) is 56.3 Å². The summed E-state index contributed by atoms with van der Waals surface area (Å²) in [6.45, 7) is 1.98. The van der Waals surface area contributed by atoms with Crippen LogP contribution in [0.5, 0.6) is 0 Å². The number of aryl methyl sites for hydroxylation is 2. The van der Waals surface area contributed by atoms with Crippen molar-refractivity contribution in [1.82, 2.24) is 9.21 Å². The fraction of sp³-hybridized carbons (Fsp3) is 0.381. The molecule has 0 spiro atoms. The van der Waals surface area contributed by atoms with E-state index in [0.29, 0.717) is 41.8 Å². The zero-order chi connectivity index (χ0) is 20.4. The summed E-state index contributed by atoms with van der Waals surface area (Å²) in [5.74, 6) is -0.159. The zero-order valence-electron chi connectivity index (χ0n) is 16.1. The molecule has 4 rings (SSSR count). The van der Waals surface area contributed by atoms with Crippen molar-refractivity contribution in [1.29, 1.82) is 0 Å². The highest BCUT2D eigenvalue weighted by molar-refractivity contribution is 7.89. The van der Waals surface area contributed by atoms with E-state index in [4.69, 9.17) is 11.6 Å². The van der Waals surface area contributed by atoms with E-state index in [0.717, 1.165) is 24.8 Å². The number of para-hydroxylation sites is 1. The van der Waals surface area contributed by atoms with Crippen molar-refractivity contribution in [2.75, 3.05) is 38.0 Å². The maximum Gasteiger partial charge on any atom is 0.243 e. The molecule has 2 aromatic rings. The molecule has 1 aliphatic carbocycles. The number of amides is 1. The molecule has 1 amide bonds. The monoisotopic (exact) mass is 433 g/mol. The van der Waals surface area contributed by atoms with Crippen LogP contribution in [0, 0.1) is 0 Å². The summed E-state index contributed by atoms with van der Waals surface area (Å²) >= 11 is 6.07. The fourth-order valence-corrected chi connectivity index (χ4v) is 5.60. The lowest BCUT2D eigenvalue weighted by Gasteiger charge is -2.33. The number of nitrogens with one attached hydrogen (secondary N) is 1. The van der Waals surface area contributed by atoms with E-state index >= 15 is 0 Å². The van der Waals surface area contributed by atoms with Crippen LogP contribution in [0.2, 0.25) is 5.02 Å². The van der Waals surface area contributed by atoms with Crippen LogP contribution in [0.4, 0.5) is 5.69 Å². The van der Waals surface area contributed by atoms with E-state index in [2.05, 4.69) is 5.32 Å². The van der Waals surface area contributed by atoms with Gasteiger partial charge in [-0.3, -0.25) is 9.69 Å². The second-order valence-electron chi connectivity index (χ2n) is 7.49. The third-order valence-electron chi connectivity index (χ3n) is 5.55. The molecule has 1 aliphatic heterocycles. The Balaban J connectivity index is 1.34. The third kappa shape index (κ3) is 4.48. The van der Waals surface area contributed by atoms with Crippen molar-refractivity contribution in [2.24, 2.45) is 0 Å². The average Bonchev–Trinajstić information content (AvgIpc) is 3.18. The maximum atomic E-state index is 13.0. The molecule has 0 atom stereocenters. The number of rotatable bonds is 5. The van der Waals surface area contributed by atoms with Crippen LogP contribution in [-0.2, 0) is 27.7 Å². The van der Waals surface area contributed by atoms with Gasteiger partial charge in [-0.25, -0.2) is 8.42 Å². The van der Waals surface area contributed by atoms with Crippen LogP contribution >= 0.6 is 11.6 Å². The second kappa shape index (κ2) is 8.44. The Morgan fingerprint density at radius 1 is 1.00 bits per heavy atom. The number of carbonyl (C=O) groups excluding carboxylic acids is 1. The minimum atomic E-state index is -3.50. The SMILES string of the molecule is O=C(CN1CCN(S(=O)(=O)c2ccc3c(c2)CCC3)CC1)Nc1ccccc1Cl. The Hall–Kier alpha value is -1.93. The summed E-state index contributed by atoms with van der Waals surface area (Å²) < 4.78 is 27.5. The number of nitrogens with zero attached hydrogens (tertiary/aromatic N) is 2. The Morgan fingerprint density at radius 2 is 1.72 bits per heavy atom. The lowest BCUT2D eigenvalue weighted by Crippen LogP contribution is -2.50. The summed E-state index contributed by atoms with van der Waals surface area (Å²) in [5, 5.41) is 3.30. The molecule has 0 bridgehead atoms. The first-order valence-electron chi connectivity index (χ1n) is 9.82. The standard InChI is InChI=1S/C21H24ClN3O3S/c22-19-6-1-2-7-20(19)23-21(26)15-24-10-12-25(13-11-24)29(27,28)18-9-8-16-4-3-5-17(16)14-18/h1-2,6-9,14H,3-5,10-13,15H2,(H,23,26). The molecule has 1 saturated heterocycles. The summed E-state index contributed by atoms with van der Waals surface area (Å²) in [6, 6.07) is 12.6. The number of anilines is 1. The molecule has 0 unspecified atom stereocenters. The van der Waals surface area contributed by atoms with Gasteiger partial charge in [-0.2, -0.15) is 4.31 Å². The van der Waals surface area contributed by atoms with Crippen LogP contribution in [0.1, 0.15) is 17.5 Å². The molecular formula is C21H24ClN3O3S. The highest BCUT2D eigenvalue weighted by Crippen LogP contribution is 2.27. The molecule has 8 heteroatoms. The Morgan fingerprint density at radius 3 is 2.48 bits per heavy atom. The molecule has 2 aromatic carbocycles. The van der Waals surface area contributed by atoms with Gasteiger partial charge in [-0.05, 0) is 54.7 Å². The molecule has 0 aromatic heterocycles. The first kappa shape index (κ1) is 20.3. The van der Waals surface area contributed by atoms with Gasteiger partial charge < -0.3 is 5.32 Å². The molecule has 29 heavy (non-hydrogen) atoms. The van der Waals surface area contributed by atoms with E-state index in [1.807, 2.05) is 23.1 Å². The summed E-state index contributed by atoms with van der Waals surface area (Å²) in [6.07, 6.45) is 3.07. The average molecular weight is 434 g/mol. The van der Waals surface area contributed by atoms with Crippen LogP contribution < -0.4 is 5.32 Å². The molecule has 1 fully saturated rings. The fourth-order valence-electron chi connectivity index (χ4n) is 3.94. The number of fused-ring (bicyclic) bond motifs is 1. The molecule has 1 heterocycles. The molecule has 0 saturated carbocycles. The van der Waals surface area contributed by atoms with Gasteiger partial charge in [0.15, 0.2) is 0 Å². The van der Waals surface area contributed by atoms with E-state index < -0.39 is 10.0 Å². The number of piperazine rings is 1. The van der Waals surface area contributed by atoms with Gasteiger partial charge in [0.05, 0.1) is 22.2 Å². The second-order valence-corrected chi connectivity index (χ2v) is 9.84. The Labute approximate surface area is 176 Å². The largest absolute Gasteiger partial charge is 0.324 e. The molecule has 1 N–H and O–H groups in total. The quantitative estimate of drug-likeness (QED) is 0.787. The van der Waals surface area contributed by atoms with Crippen molar-refractivity contribution in [3.63, 3.8) is 0 Å². The van der Waals surface area contributed by atoms with Gasteiger partial charge in [-0.15, -0.1) is 0 Å². The van der Waals surface area contributed by atoms with Gasteiger partial charge >= 0.3 is 0 Å². The first-order chi connectivity index (χ1) is 13.9. The van der Waals surface area contributed by atoms with E-state index in [1.165, 1.54) is 9.87 Å². The predicted molar refractivity (Wildman–Crippen MR) is 114 cm³/mol. The maximum absolute atomic E-state index is 13.0. The van der Waals surface area contributed by atoms with Crippen molar-refractivity contribution in [3.05, 3.63) is 58.6 Å². The van der Waals surface area contributed by atoms with E-state index in [-0.39, 0.29) is 12.5 Å². The number of sulfonamides is 1. The highest BCUT2D eigenvalue weighted by atomic mass is 35.5. The lowest BCUT2D eigenvalue weighted by molar-refractivity contribution is -0.117. The lowest BCUT2D eigenvalue weighted by atomic mass is 10.1. The Bertz CT molecular complexity index is 1020. The van der Waals surface area contributed by atoms with Crippen LogP contribution in [0.15, 0.2) is 47.4 Å². The van der Waals surface area contributed by atoms with Crippen molar-refractivity contribution < 1.29 is 13.2 Å². The number of hydrogen-bond donors (Lipinski definition) is 1. The molecule has 2 aliphatic rings. The third-order valence-corrected chi connectivity index (χ3v) is 7.78. The minimum Gasteiger partial charge on any atom is -0.324 e. The van der Waals surface area contributed by atoms with Crippen LogP contribution in [0.3, 0.4) is 0 Å². The number of hydrogen-bond acceptors (Lipinski definition) is 4.